The van der Waals surface area contributed by atoms with Crippen LogP contribution in [0.25, 0.3) is 0 Å². The average Bonchev–Trinajstić information content (AvgIpc) is 2.64. The summed E-state index contributed by atoms with van der Waals surface area (Å²) in [4.78, 5) is 7.21. The Morgan fingerprint density at radius 2 is 1.96 bits per heavy atom. The second-order valence-electron chi connectivity index (χ2n) is 4.80. The minimum Gasteiger partial charge on any atom is -0.457 e. The number of aromatic nitrogens is 2. The normalized spacial score (nSPS) is 11.6. The first-order chi connectivity index (χ1) is 12.9. The first-order valence-electron chi connectivity index (χ1n) is 7.19. The molecule has 2 N–H and O–H groups in total. The van der Waals surface area contributed by atoms with Gasteiger partial charge in [0, 0.05) is 30.3 Å². The van der Waals surface area contributed by atoms with Crippen molar-refractivity contribution in [3.8, 4) is 11.8 Å². The highest BCUT2D eigenvalue weighted by Crippen LogP contribution is 2.29. The van der Waals surface area contributed by atoms with Crippen LogP contribution < -0.4 is 14.8 Å². The Kier molecular flexibility index (Phi) is 7.29. The molecule has 0 atom stereocenters. The number of nitrogens with zero attached hydrogens (tertiary/aromatic N) is 3. The number of ether oxygens (including phenoxy) is 2. The van der Waals surface area contributed by atoms with Gasteiger partial charge in [0.15, 0.2) is 0 Å². The zero-order valence-electron chi connectivity index (χ0n) is 13.4. The van der Waals surface area contributed by atoms with Gasteiger partial charge in [-0.15, -0.1) is 0 Å². The zero-order valence-corrected chi connectivity index (χ0v) is 14.1. The third-order valence-electron chi connectivity index (χ3n) is 2.95. The molecule has 2 rings (SSSR count). The van der Waals surface area contributed by atoms with Crippen LogP contribution in [0.15, 0.2) is 47.6 Å². The fourth-order valence-corrected chi connectivity index (χ4v) is 1.87. The van der Waals surface area contributed by atoms with Crippen LogP contribution in [0.2, 0.25) is 5.02 Å². The van der Waals surface area contributed by atoms with Crippen LogP contribution in [0.1, 0.15) is 12.0 Å². The van der Waals surface area contributed by atoms with E-state index in [1.807, 2.05) is 0 Å². The van der Waals surface area contributed by atoms with E-state index in [1.165, 1.54) is 24.4 Å². The topological polar surface area (TPSA) is 92.5 Å². The SMILES string of the molecule is N=N/C(=C\Nc1ccc(Cl)c(OC(F)F)c1)COc1ncc(C(F)F)cn1. The highest BCUT2D eigenvalue weighted by atomic mass is 35.5. The van der Waals surface area contributed by atoms with Gasteiger partial charge in [0.05, 0.1) is 10.6 Å². The van der Waals surface area contributed by atoms with E-state index in [0.29, 0.717) is 5.69 Å². The molecule has 144 valence electrons. The van der Waals surface area contributed by atoms with Crippen LogP contribution in [-0.2, 0) is 0 Å². The van der Waals surface area contributed by atoms with Crippen molar-refractivity contribution in [3.63, 3.8) is 0 Å². The monoisotopic (exact) mass is 405 g/mol. The van der Waals surface area contributed by atoms with Gasteiger partial charge < -0.3 is 14.8 Å². The second kappa shape index (κ2) is 9.67. The van der Waals surface area contributed by atoms with Crippen molar-refractivity contribution < 1.29 is 27.0 Å². The summed E-state index contributed by atoms with van der Waals surface area (Å²) in [5, 5.41) is 5.94. The minimum atomic E-state index is -3.03. The summed E-state index contributed by atoms with van der Waals surface area (Å²) in [6.45, 7) is -3.27. The summed E-state index contributed by atoms with van der Waals surface area (Å²) in [6.07, 6.45) is 0.422. The van der Waals surface area contributed by atoms with Crippen LogP contribution in [0, 0.1) is 5.53 Å². The Bertz CT molecular complexity index is 805. The van der Waals surface area contributed by atoms with Gasteiger partial charge in [-0.25, -0.2) is 24.3 Å². The Balaban J connectivity index is 1.98. The highest BCUT2D eigenvalue weighted by molar-refractivity contribution is 6.32. The lowest BCUT2D eigenvalue weighted by Crippen LogP contribution is -2.05. The molecule has 1 aromatic heterocycles. The predicted octanol–water partition coefficient (Wildman–Crippen LogP) is 5.03. The number of hydrogen-bond donors (Lipinski definition) is 2. The van der Waals surface area contributed by atoms with Crippen LogP contribution in [0.3, 0.4) is 0 Å². The Morgan fingerprint density at radius 1 is 1.26 bits per heavy atom. The third-order valence-corrected chi connectivity index (χ3v) is 3.26. The minimum absolute atomic E-state index is 0.00274. The molecule has 0 aliphatic rings. The van der Waals surface area contributed by atoms with E-state index in [9.17, 15) is 17.6 Å². The number of halogens is 5. The largest absolute Gasteiger partial charge is 0.457 e. The van der Waals surface area contributed by atoms with Crippen LogP contribution in [0.4, 0.5) is 23.2 Å². The molecule has 0 saturated carbocycles. The van der Waals surface area contributed by atoms with E-state index < -0.39 is 13.0 Å². The molecular weight excluding hydrogens is 394 g/mol. The predicted molar refractivity (Wildman–Crippen MR) is 87.4 cm³/mol. The van der Waals surface area contributed by atoms with Gasteiger partial charge in [-0.1, -0.05) is 11.6 Å². The summed E-state index contributed by atoms with van der Waals surface area (Å²) in [5.41, 5.74) is 7.18. The standard InChI is InChI=1S/C15H12ClF4N5O2/c16-11-2-1-9(3-12(11)27-14(19)20)22-6-10(25-21)7-26-15-23-4-8(5-24-15)13(17)18/h1-6,13-14,21-22H,7H2/b10-6-,25-21?. The molecule has 27 heavy (non-hydrogen) atoms. The Labute approximate surface area is 155 Å². The lowest BCUT2D eigenvalue weighted by Gasteiger charge is -2.09. The van der Waals surface area contributed by atoms with Crippen molar-refractivity contribution in [2.75, 3.05) is 11.9 Å². The summed E-state index contributed by atoms with van der Waals surface area (Å²) in [5.74, 6) is -0.224. The van der Waals surface area contributed by atoms with Gasteiger partial charge in [-0.05, 0) is 12.1 Å². The maximum absolute atomic E-state index is 12.4. The summed E-state index contributed by atoms with van der Waals surface area (Å²) < 4.78 is 58.9. The fourth-order valence-electron chi connectivity index (χ4n) is 1.70. The molecule has 0 aliphatic heterocycles. The molecule has 0 saturated heterocycles. The lowest BCUT2D eigenvalue weighted by atomic mass is 10.3. The van der Waals surface area contributed by atoms with Crippen LogP contribution in [0.5, 0.6) is 11.8 Å². The third kappa shape index (κ3) is 6.37. The quantitative estimate of drug-likeness (QED) is 0.450. The first kappa shape index (κ1) is 20.4. The van der Waals surface area contributed by atoms with E-state index in [2.05, 4.69) is 25.1 Å². The second-order valence-corrected chi connectivity index (χ2v) is 5.21. The molecular formula is C15H12ClF4N5O2. The molecule has 2 aromatic rings. The molecule has 1 heterocycles. The number of anilines is 1. The number of benzene rings is 1. The Morgan fingerprint density at radius 3 is 2.56 bits per heavy atom. The molecule has 7 nitrogen and oxygen atoms in total. The van der Waals surface area contributed by atoms with Crippen LogP contribution in [-0.4, -0.2) is 23.2 Å². The molecule has 0 spiro atoms. The van der Waals surface area contributed by atoms with Crippen LogP contribution >= 0.6 is 11.6 Å². The molecule has 0 unspecified atom stereocenters. The van der Waals surface area contributed by atoms with Crippen molar-refractivity contribution in [1.82, 2.24) is 9.97 Å². The molecule has 0 radical (unpaired) electrons. The van der Waals surface area contributed by atoms with Gasteiger partial charge in [-0.2, -0.15) is 13.9 Å². The molecule has 0 amide bonds. The number of rotatable bonds is 9. The van der Waals surface area contributed by atoms with Gasteiger partial charge in [0.25, 0.3) is 6.43 Å². The lowest BCUT2D eigenvalue weighted by molar-refractivity contribution is -0.0497. The summed E-state index contributed by atoms with van der Waals surface area (Å²) >= 11 is 5.75. The molecule has 0 fully saturated rings. The van der Waals surface area contributed by atoms with E-state index >= 15 is 0 Å². The van der Waals surface area contributed by atoms with Gasteiger partial charge in [-0.3, -0.25) is 0 Å². The first-order valence-corrected chi connectivity index (χ1v) is 7.57. The summed E-state index contributed by atoms with van der Waals surface area (Å²) in [6, 6.07) is 3.90. The van der Waals surface area contributed by atoms with Crippen molar-refractivity contribution in [3.05, 3.63) is 53.1 Å². The molecule has 0 bridgehead atoms. The maximum Gasteiger partial charge on any atom is 0.387 e. The Hall–Kier alpha value is -2.95. The van der Waals surface area contributed by atoms with Gasteiger partial charge in [0.2, 0.25) is 0 Å². The van der Waals surface area contributed by atoms with Crippen molar-refractivity contribution in [2.45, 2.75) is 13.0 Å². The van der Waals surface area contributed by atoms with Crippen molar-refractivity contribution in [1.29, 1.82) is 5.53 Å². The van der Waals surface area contributed by atoms with Gasteiger partial charge in [0.1, 0.15) is 18.1 Å². The van der Waals surface area contributed by atoms with E-state index in [1.54, 1.807) is 0 Å². The molecule has 1 aromatic carbocycles. The van der Waals surface area contributed by atoms with E-state index in [0.717, 1.165) is 12.4 Å². The highest BCUT2D eigenvalue weighted by Gasteiger charge is 2.10. The number of alkyl halides is 4. The smallest absolute Gasteiger partial charge is 0.387 e. The number of hydrogen-bond acceptors (Lipinski definition) is 7. The van der Waals surface area contributed by atoms with Crippen molar-refractivity contribution >= 4 is 17.3 Å². The molecule has 12 heteroatoms. The summed E-state index contributed by atoms with van der Waals surface area (Å²) in [7, 11) is 0. The maximum atomic E-state index is 12.4. The molecule has 0 aliphatic carbocycles. The average molecular weight is 406 g/mol. The van der Waals surface area contributed by atoms with Gasteiger partial charge >= 0.3 is 12.6 Å². The zero-order chi connectivity index (χ0) is 19.8. The van der Waals surface area contributed by atoms with E-state index in [4.69, 9.17) is 21.9 Å². The van der Waals surface area contributed by atoms with E-state index in [-0.39, 0.29) is 34.6 Å². The fraction of sp³-hybridized carbons (Fsp3) is 0.200. The van der Waals surface area contributed by atoms with Crippen molar-refractivity contribution in [2.24, 2.45) is 5.11 Å². The number of nitrogens with one attached hydrogen (secondary N) is 2.